The molecule has 4 rings (SSSR count). The predicted molar refractivity (Wildman–Crippen MR) is 106 cm³/mol. The number of hydrogen-bond acceptors (Lipinski definition) is 5. The Morgan fingerprint density at radius 2 is 1.97 bits per heavy atom. The molecule has 1 aromatic rings. The van der Waals surface area contributed by atoms with Crippen LogP contribution in [-0.2, 0) is 9.59 Å². The van der Waals surface area contributed by atoms with Crippen molar-refractivity contribution in [3.8, 4) is 5.75 Å². The van der Waals surface area contributed by atoms with Gasteiger partial charge in [0, 0.05) is 30.6 Å². The Labute approximate surface area is 170 Å². The van der Waals surface area contributed by atoms with Crippen LogP contribution in [0.5, 0.6) is 5.75 Å². The quantitative estimate of drug-likeness (QED) is 0.688. The van der Waals surface area contributed by atoms with E-state index in [0.29, 0.717) is 11.3 Å². The van der Waals surface area contributed by atoms with E-state index in [1.54, 1.807) is 11.0 Å². The zero-order valence-corrected chi connectivity index (χ0v) is 16.6. The smallest absolute Gasteiger partial charge is 0.247 e. The lowest BCUT2D eigenvalue weighted by Crippen LogP contribution is -2.57. The molecule has 0 bridgehead atoms. The number of ether oxygens (including phenoxy) is 1. The second-order valence-corrected chi connectivity index (χ2v) is 8.05. The summed E-state index contributed by atoms with van der Waals surface area (Å²) in [7, 11) is 0. The molecular weight excluding hydrogens is 372 g/mol. The summed E-state index contributed by atoms with van der Waals surface area (Å²) in [6, 6.07) is 6.91. The van der Waals surface area contributed by atoms with Crippen LogP contribution in [0, 0.1) is 0 Å². The Morgan fingerprint density at radius 3 is 2.66 bits per heavy atom. The average Bonchev–Trinajstić information content (AvgIpc) is 3.36. The van der Waals surface area contributed by atoms with Crippen molar-refractivity contribution >= 4 is 11.8 Å². The SMILES string of the molecule is CC(=O)N(C1CCCC1)C1C=C(C(=O)NCCO)C2c3ccccc3OC2C1O. The van der Waals surface area contributed by atoms with E-state index in [4.69, 9.17) is 9.84 Å². The van der Waals surface area contributed by atoms with Gasteiger partial charge in [0.1, 0.15) is 18.0 Å². The summed E-state index contributed by atoms with van der Waals surface area (Å²) < 4.78 is 6.07. The fourth-order valence-corrected chi connectivity index (χ4v) is 5.05. The molecule has 7 nitrogen and oxygen atoms in total. The van der Waals surface area contributed by atoms with E-state index >= 15 is 0 Å². The number of para-hydroxylation sites is 1. The Hall–Kier alpha value is -2.38. The van der Waals surface area contributed by atoms with Crippen LogP contribution in [0.2, 0.25) is 0 Å². The summed E-state index contributed by atoms with van der Waals surface area (Å²) in [5, 5.41) is 23.1. The van der Waals surface area contributed by atoms with Crippen LogP contribution >= 0.6 is 0 Å². The fraction of sp³-hybridized carbons (Fsp3) is 0.545. The summed E-state index contributed by atoms with van der Waals surface area (Å²) in [5.41, 5.74) is 1.34. The van der Waals surface area contributed by atoms with Gasteiger partial charge in [-0.3, -0.25) is 9.59 Å². The second-order valence-electron chi connectivity index (χ2n) is 8.05. The number of amides is 2. The molecule has 1 aliphatic heterocycles. The van der Waals surface area contributed by atoms with E-state index in [1.807, 2.05) is 24.3 Å². The molecule has 0 aromatic heterocycles. The summed E-state index contributed by atoms with van der Waals surface area (Å²) in [4.78, 5) is 27.2. The van der Waals surface area contributed by atoms with Gasteiger partial charge in [-0.25, -0.2) is 0 Å². The van der Waals surface area contributed by atoms with Gasteiger partial charge in [-0.2, -0.15) is 0 Å². The molecule has 0 spiro atoms. The van der Waals surface area contributed by atoms with Crippen LogP contribution < -0.4 is 10.1 Å². The number of fused-ring (bicyclic) bond motifs is 3. The van der Waals surface area contributed by atoms with E-state index in [2.05, 4.69) is 5.32 Å². The minimum absolute atomic E-state index is 0.0606. The summed E-state index contributed by atoms with van der Waals surface area (Å²) in [6.45, 7) is 1.50. The number of benzene rings is 1. The molecule has 2 amide bonds. The molecule has 1 fully saturated rings. The molecule has 0 saturated heterocycles. The van der Waals surface area contributed by atoms with Crippen molar-refractivity contribution in [1.82, 2.24) is 10.2 Å². The maximum atomic E-state index is 12.9. The van der Waals surface area contributed by atoms with E-state index < -0.39 is 24.2 Å². The average molecular weight is 400 g/mol. The Bertz CT molecular complexity index is 817. The highest BCUT2D eigenvalue weighted by Gasteiger charge is 2.51. The lowest BCUT2D eigenvalue weighted by atomic mass is 9.77. The van der Waals surface area contributed by atoms with E-state index in [0.717, 1.165) is 31.2 Å². The highest BCUT2D eigenvalue weighted by Crippen LogP contribution is 2.47. The standard InChI is InChI=1S/C22H28N2O5/c1-13(26)24(14-6-2-3-7-14)17-12-16(22(28)23-10-11-25)19-15-8-4-5-9-18(15)29-21(19)20(17)27/h4-5,8-9,12,14,17,19-21,25,27H,2-3,6-7,10-11H2,1H3,(H,23,28). The highest BCUT2D eigenvalue weighted by molar-refractivity contribution is 5.96. The number of aliphatic hydroxyl groups excluding tert-OH is 2. The largest absolute Gasteiger partial charge is 0.486 e. The van der Waals surface area contributed by atoms with Crippen molar-refractivity contribution in [1.29, 1.82) is 0 Å². The number of carbonyl (C=O) groups is 2. The summed E-state index contributed by atoms with van der Waals surface area (Å²) >= 11 is 0. The first-order valence-electron chi connectivity index (χ1n) is 10.4. The number of nitrogens with one attached hydrogen (secondary N) is 1. The topological polar surface area (TPSA) is 99.1 Å². The van der Waals surface area contributed by atoms with Crippen LogP contribution in [0.25, 0.3) is 0 Å². The van der Waals surface area contributed by atoms with Crippen molar-refractivity contribution in [2.75, 3.05) is 13.2 Å². The third-order valence-corrected chi connectivity index (χ3v) is 6.28. The zero-order chi connectivity index (χ0) is 20.5. The molecule has 29 heavy (non-hydrogen) atoms. The zero-order valence-electron chi connectivity index (χ0n) is 16.6. The minimum atomic E-state index is -0.939. The van der Waals surface area contributed by atoms with E-state index in [1.165, 1.54) is 6.92 Å². The van der Waals surface area contributed by atoms with Crippen molar-refractivity contribution in [2.45, 2.75) is 62.8 Å². The maximum Gasteiger partial charge on any atom is 0.247 e. The Morgan fingerprint density at radius 1 is 1.24 bits per heavy atom. The van der Waals surface area contributed by atoms with Crippen LogP contribution in [0.3, 0.4) is 0 Å². The van der Waals surface area contributed by atoms with E-state index in [9.17, 15) is 14.7 Å². The summed E-state index contributed by atoms with van der Waals surface area (Å²) in [5.74, 6) is -0.172. The minimum Gasteiger partial charge on any atom is -0.486 e. The van der Waals surface area contributed by atoms with E-state index in [-0.39, 0.29) is 31.0 Å². The first kappa shape index (κ1) is 19.9. The van der Waals surface area contributed by atoms with Crippen molar-refractivity contribution in [2.24, 2.45) is 0 Å². The first-order valence-corrected chi connectivity index (χ1v) is 10.4. The summed E-state index contributed by atoms with van der Waals surface area (Å²) in [6.07, 6.45) is 4.07. The molecule has 4 atom stereocenters. The molecule has 156 valence electrons. The monoisotopic (exact) mass is 400 g/mol. The molecule has 1 heterocycles. The molecule has 2 aliphatic carbocycles. The maximum absolute atomic E-state index is 12.9. The van der Waals surface area contributed by atoms with Crippen molar-refractivity contribution < 1.29 is 24.5 Å². The number of hydrogen-bond donors (Lipinski definition) is 3. The third kappa shape index (κ3) is 3.53. The van der Waals surface area contributed by atoms with Gasteiger partial charge in [0.15, 0.2) is 0 Å². The second kappa shape index (κ2) is 8.16. The number of rotatable bonds is 5. The molecule has 1 aromatic carbocycles. The van der Waals surface area contributed by atoms with Crippen LogP contribution in [0.4, 0.5) is 0 Å². The van der Waals surface area contributed by atoms with Gasteiger partial charge in [0.05, 0.1) is 18.6 Å². The first-order chi connectivity index (χ1) is 14.0. The van der Waals surface area contributed by atoms with Crippen molar-refractivity contribution in [3.05, 3.63) is 41.5 Å². The molecule has 3 aliphatic rings. The number of carbonyl (C=O) groups excluding carboxylic acids is 2. The molecule has 4 unspecified atom stereocenters. The van der Waals surface area contributed by atoms with Gasteiger partial charge < -0.3 is 25.2 Å². The van der Waals surface area contributed by atoms with Gasteiger partial charge in [-0.1, -0.05) is 31.0 Å². The van der Waals surface area contributed by atoms with Crippen molar-refractivity contribution in [3.63, 3.8) is 0 Å². The van der Waals surface area contributed by atoms with Gasteiger partial charge in [-0.15, -0.1) is 0 Å². The molecule has 0 radical (unpaired) electrons. The predicted octanol–water partition coefficient (Wildman–Crippen LogP) is 1.10. The molecule has 7 heteroatoms. The molecular formula is C22H28N2O5. The lowest BCUT2D eigenvalue weighted by molar-refractivity contribution is -0.138. The molecule has 3 N–H and O–H groups in total. The normalized spacial score (nSPS) is 28.2. The van der Waals surface area contributed by atoms with Crippen LogP contribution in [0.15, 0.2) is 35.9 Å². The van der Waals surface area contributed by atoms with Crippen LogP contribution in [0.1, 0.15) is 44.1 Å². The van der Waals surface area contributed by atoms with Gasteiger partial charge in [0.25, 0.3) is 0 Å². The lowest BCUT2D eigenvalue weighted by Gasteiger charge is -2.42. The van der Waals surface area contributed by atoms with Gasteiger partial charge in [0.2, 0.25) is 11.8 Å². The number of aliphatic hydroxyl groups is 2. The number of nitrogens with zero attached hydrogens (tertiary/aromatic N) is 1. The highest BCUT2D eigenvalue weighted by atomic mass is 16.5. The van der Waals surface area contributed by atoms with Gasteiger partial charge >= 0.3 is 0 Å². The van der Waals surface area contributed by atoms with Gasteiger partial charge in [-0.05, 0) is 25.0 Å². The molecule has 1 saturated carbocycles. The third-order valence-electron chi connectivity index (χ3n) is 6.28. The Kier molecular flexibility index (Phi) is 5.61. The fourth-order valence-electron chi connectivity index (χ4n) is 5.05. The Balaban J connectivity index is 1.75. The van der Waals surface area contributed by atoms with Crippen LogP contribution in [-0.4, -0.2) is 64.4 Å².